The van der Waals surface area contributed by atoms with Gasteiger partial charge in [0.1, 0.15) is 0 Å². The van der Waals surface area contributed by atoms with E-state index in [1.165, 1.54) is 6.07 Å². The molecule has 0 aliphatic heterocycles. The predicted molar refractivity (Wildman–Crippen MR) is 74.2 cm³/mol. The van der Waals surface area contributed by atoms with Gasteiger partial charge in [-0.1, -0.05) is 20.8 Å². The van der Waals surface area contributed by atoms with Crippen LogP contribution in [0.4, 0.5) is 18.9 Å². The number of nitrogens with zero attached hydrogens (tertiary/aromatic N) is 1. The van der Waals surface area contributed by atoms with Crippen LogP contribution in [0.15, 0.2) is 18.2 Å². The number of carbonyl (C=O) groups is 1. The molecule has 0 radical (unpaired) electrons. The lowest BCUT2D eigenvalue weighted by atomic mass is 9.87. The summed E-state index contributed by atoms with van der Waals surface area (Å²) in [6.07, 6.45) is -4.29. The van der Waals surface area contributed by atoms with Gasteiger partial charge in [0.2, 0.25) is 0 Å². The molecule has 0 amide bonds. The molecule has 1 atom stereocenters. The Morgan fingerprint density at radius 2 is 1.75 bits per heavy atom. The highest BCUT2D eigenvalue weighted by atomic mass is 19.4. The van der Waals surface area contributed by atoms with Crippen LogP contribution in [0, 0.1) is 5.41 Å². The average Bonchev–Trinajstić information content (AvgIpc) is 2.34. The van der Waals surface area contributed by atoms with E-state index in [0.717, 1.165) is 6.07 Å². The molecule has 2 nitrogen and oxygen atoms in total. The Morgan fingerprint density at radius 3 is 2.15 bits per heavy atom. The first-order valence-corrected chi connectivity index (χ1v) is 6.37. The van der Waals surface area contributed by atoms with Crippen molar-refractivity contribution in [2.24, 2.45) is 5.41 Å². The Morgan fingerprint density at radius 1 is 1.20 bits per heavy atom. The van der Waals surface area contributed by atoms with E-state index in [2.05, 4.69) is 0 Å². The van der Waals surface area contributed by atoms with E-state index < -0.39 is 11.7 Å². The first-order chi connectivity index (χ1) is 8.98. The van der Waals surface area contributed by atoms with E-state index in [4.69, 9.17) is 0 Å². The number of hydrogen-bond acceptors (Lipinski definition) is 2. The fourth-order valence-corrected chi connectivity index (χ4v) is 1.92. The molecule has 0 heterocycles. The minimum atomic E-state index is -4.53. The molecule has 0 spiro atoms. The zero-order valence-corrected chi connectivity index (χ0v) is 12.4. The highest BCUT2D eigenvalue weighted by Gasteiger charge is 2.34. The molecule has 5 heteroatoms. The fourth-order valence-electron chi connectivity index (χ4n) is 1.92. The summed E-state index contributed by atoms with van der Waals surface area (Å²) in [7, 11) is 1.76. The molecule has 0 aliphatic rings. The molecule has 0 saturated carbocycles. The summed E-state index contributed by atoms with van der Waals surface area (Å²) in [5, 5.41) is 0. The van der Waals surface area contributed by atoms with Crippen molar-refractivity contribution in [3.8, 4) is 0 Å². The number of alkyl halides is 3. The predicted octanol–water partition coefficient (Wildman–Crippen LogP) is 4.39. The van der Waals surface area contributed by atoms with Gasteiger partial charge in [-0.15, -0.1) is 0 Å². The zero-order valence-electron chi connectivity index (χ0n) is 12.4. The fraction of sp³-hybridized carbons (Fsp3) is 0.533. The second-order valence-electron chi connectivity index (χ2n) is 6.04. The maximum Gasteiger partial charge on any atom is 0.417 e. The first-order valence-electron chi connectivity index (χ1n) is 6.37. The largest absolute Gasteiger partial charge is 0.417 e. The van der Waals surface area contributed by atoms with Crippen LogP contribution in [0.3, 0.4) is 0 Å². The third-order valence-electron chi connectivity index (χ3n) is 3.71. The minimum absolute atomic E-state index is 0.0469. The Kier molecular flexibility index (Phi) is 4.52. The van der Waals surface area contributed by atoms with E-state index >= 15 is 0 Å². The molecular formula is C15H20F3NO. The number of halogens is 3. The quantitative estimate of drug-likeness (QED) is 0.768. The van der Waals surface area contributed by atoms with E-state index in [1.54, 1.807) is 18.0 Å². The monoisotopic (exact) mass is 287 g/mol. The van der Waals surface area contributed by atoms with Crippen LogP contribution in [0.25, 0.3) is 0 Å². The van der Waals surface area contributed by atoms with Crippen molar-refractivity contribution in [3.63, 3.8) is 0 Å². The molecule has 20 heavy (non-hydrogen) atoms. The Bertz CT molecular complexity index is 489. The van der Waals surface area contributed by atoms with Gasteiger partial charge < -0.3 is 4.90 Å². The molecule has 0 fully saturated rings. The van der Waals surface area contributed by atoms with Crippen LogP contribution in [0.5, 0.6) is 0 Å². The summed E-state index contributed by atoms with van der Waals surface area (Å²) in [6.45, 7) is 8.04. The lowest BCUT2D eigenvalue weighted by molar-refractivity contribution is -0.137. The average molecular weight is 287 g/mol. The molecule has 112 valence electrons. The van der Waals surface area contributed by atoms with Gasteiger partial charge >= 0.3 is 6.18 Å². The van der Waals surface area contributed by atoms with Crippen LogP contribution in [-0.4, -0.2) is 19.4 Å². The van der Waals surface area contributed by atoms with Crippen LogP contribution in [0.2, 0.25) is 0 Å². The molecule has 0 aromatic heterocycles. The van der Waals surface area contributed by atoms with E-state index in [9.17, 15) is 18.0 Å². The van der Waals surface area contributed by atoms with Crippen LogP contribution in [0.1, 0.15) is 43.6 Å². The molecule has 0 bridgehead atoms. The number of benzene rings is 1. The lowest BCUT2D eigenvalue weighted by Crippen LogP contribution is -2.39. The van der Waals surface area contributed by atoms with Crippen molar-refractivity contribution in [1.82, 2.24) is 0 Å². The standard InChI is InChI=1S/C15H20F3NO/c1-10(14(2,3)4)19(5)12-7-6-11(9-20)13(8-12)15(16,17)18/h6-10H,1-5H3. The molecule has 0 aliphatic carbocycles. The van der Waals surface area contributed by atoms with E-state index in [-0.39, 0.29) is 23.3 Å². The van der Waals surface area contributed by atoms with Gasteiger partial charge in [0.05, 0.1) is 5.56 Å². The van der Waals surface area contributed by atoms with Crippen LogP contribution < -0.4 is 4.90 Å². The summed E-state index contributed by atoms with van der Waals surface area (Å²) in [4.78, 5) is 12.5. The zero-order chi connectivity index (χ0) is 15.7. The van der Waals surface area contributed by atoms with E-state index in [1.807, 2.05) is 27.7 Å². The lowest BCUT2D eigenvalue weighted by Gasteiger charge is -2.37. The van der Waals surface area contributed by atoms with E-state index in [0.29, 0.717) is 5.69 Å². The van der Waals surface area contributed by atoms with Crippen LogP contribution >= 0.6 is 0 Å². The van der Waals surface area contributed by atoms with Gasteiger partial charge in [-0.05, 0) is 30.5 Å². The SMILES string of the molecule is CC(N(C)c1ccc(C=O)c(C(F)(F)F)c1)C(C)(C)C. The molecular weight excluding hydrogens is 267 g/mol. The smallest absolute Gasteiger partial charge is 0.371 e. The molecule has 0 N–H and O–H groups in total. The maximum atomic E-state index is 12.9. The van der Waals surface area contributed by atoms with Crippen molar-refractivity contribution < 1.29 is 18.0 Å². The summed E-state index contributed by atoms with van der Waals surface area (Å²) in [6, 6.07) is 3.84. The highest BCUT2D eigenvalue weighted by molar-refractivity contribution is 5.79. The normalized spacial score (nSPS) is 14.0. The second kappa shape index (κ2) is 5.46. The third-order valence-corrected chi connectivity index (χ3v) is 3.71. The Labute approximate surface area is 117 Å². The molecule has 0 saturated heterocycles. The molecule has 1 rings (SSSR count). The molecule has 1 aromatic rings. The Hall–Kier alpha value is -1.52. The van der Waals surface area contributed by atoms with Crippen molar-refractivity contribution in [3.05, 3.63) is 29.3 Å². The number of aldehydes is 1. The maximum absolute atomic E-state index is 12.9. The minimum Gasteiger partial charge on any atom is -0.371 e. The number of carbonyl (C=O) groups excluding carboxylic acids is 1. The first kappa shape index (κ1) is 16.5. The summed E-state index contributed by atoms with van der Waals surface area (Å²) in [5.74, 6) is 0. The van der Waals surface area contributed by atoms with Crippen molar-refractivity contribution in [2.75, 3.05) is 11.9 Å². The van der Waals surface area contributed by atoms with Gasteiger partial charge in [0.25, 0.3) is 0 Å². The second-order valence-corrected chi connectivity index (χ2v) is 6.04. The molecule has 1 unspecified atom stereocenters. The van der Waals surface area contributed by atoms with Gasteiger partial charge in [0, 0.05) is 24.3 Å². The number of anilines is 1. The van der Waals surface area contributed by atoms with Gasteiger partial charge in [-0.2, -0.15) is 13.2 Å². The number of rotatable bonds is 3. The van der Waals surface area contributed by atoms with Crippen molar-refractivity contribution >= 4 is 12.0 Å². The van der Waals surface area contributed by atoms with Crippen molar-refractivity contribution in [2.45, 2.75) is 39.9 Å². The van der Waals surface area contributed by atoms with Gasteiger partial charge in [0.15, 0.2) is 6.29 Å². The topological polar surface area (TPSA) is 20.3 Å². The number of hydrogen-bond donors (Lipinski definition) is 0. The molecule has 1 aromatic carbocycles. The summed E-state index contributed by atoms with van der Waals surface area (Å²) < 4.78 is 38.8. The summed E-state index contributed by atoms with van der Waals surface area (Å²) in [5.41, 5.74) is -0.849. The third kappa shape index (κ3) is 3.52. The Balaban J connectivity index is 3.25. The highest BCUT2D eigenvalue weighted by Crippen LogP contribution is 2.35. The van der Waals surface area contributed by atoms with Crippen LogP contribution in [-0.2, 0) is 6.18 Å². The van der Waals surface area contributed by atoms with Crippen molar-refractivity contribution in [1.29, 1.82) is 0 Å². The summed E-state index contributed by atoms with van der Waals surface area (Å²) >= 11 is 0. The van der Waals surface area contributed by atoms with Gasteiger partial charge in [-0.3, -0.25) is 4.79 Å². The van der Waals surface area contributed by atoms with Gasteiger partial charge in [-0.25, -0.2) is 0 Å².